The highest BCUT2D eigenvalue weighted by Crippen LogP contribution is 2.13. The molecule has 0 aliphatic heterocycles. The largest absolute Gasteiger partial charge is 0.378 e. The van der Waals surface area contributed by atoms with Crippen LogP contribution in [0.3, 0.4) is 0 Å². The van der Waals surface area contributed by atoms with E-state index in [1.54, 1.807) is 6.07 Å². The molecule has 0 unspecified atom stereocenters. The Morgan fingerprint density at radius 3 is 2.71 bits per heavy atom. The molecule has 1 aromatic carbocycles. The number of hydrogen-bond acceptors (Lipinski definition) is 5. The number of nitrogens with zero attached hydrogens (tertiary/aromatic N) is 3. The number of thiophene rings is 1. The first-order chi connectivity index (χ1) is 11.5. The number of nitrogens with one attached hydrogen (secondary N) is 1. The monoisotopic (exact) mass is 342 g/mol. The van der Waals surface area contributed by atoms with Crippen LogP contribution in [-0.2, 0) is 17.9 Å². The molecule has 0 aliphatic carbocycles. The number of carbonyl (C=O) groups excluding carboxylic acids is 1. The summed E-state index contributed by atoms with van der Waals surface area (Å²) in [5.74, 6) is -0.217. The van der Waals surface area contributed by atoms with Gasteiger partial charge in [-0.25, -0.2) is 4.98 Å². The lowest BCUT2D eigenvalue weighted by molar-refractivity contribution is -0.121. The molecule has 2 heterocycles. The lowest BCUT2D eigenvalue weighted by Gasteiger charge is -2.13. The number of benzene rings is 1. The standard InChI is InChI=1S/C17H18N4O2S/c1-20(2)13-5-3-12(4-6-13)9-18-15(22)10-21-11-19-16-14(17(21)23)7-8-24-16/h3-8,11H,9-10H2,1-2H3,(H,18,22). The zero-order chi connectivity index (χ0) is 17.1. The van der Waals surface area contributed by atoms with Gasteiger partial charge in [0.2, 0.25) is 5.91 Å². The average Bonchev–Trinajstić information content (AvgIpc) is 3.05. The van der Waals surface area contributed by atoms with E-state index in [0.29, 0.717) is 16.8 Å². The second-order valence-electron chi connectivity index (χ2n) is 5.65. The number of hydrogen-bond donors (Lipinski definition) is 1. The molecule has 2 aromatic heterocycles. The Labute approximate surface area is 143 Å². The Kier molecular flexibility index (Phi) is 4.61. The first-order valence-corrected chi connectivity index (χ1v) is 8.38. The highest BCUT2D eigenvalue weighted by atomic mass is 32.1. The van der Waals surface area contributed by atoms with E-state index in [-0.39, 0.29) is 18.0 Å². The SMILES string of the molecule is CN(C)c1ccc(CNC(=O)Cn2cnc3sccc3c2=O)cc1. The summed E-state index contributed by atoms with van der Waals surface area (Å²) >= 11 is 1.41. The summed E-state index contributed by atoms with van der Waals surface area (Å²) in [6, 6.07) is 9.68. The number of carbonyl (C=O) groups is 1. The Balaban J connectivity index is 1.62. The van der Waals surface area contributed by atoms with Crippen LogP contribution < -0.4 is 15.8 Å². The van der Waals surface area contributed by atoms with Gasteiger partial charge in [-0.3, -0.25) is 14.2 Å². The second-order valence-corrected chi connectivity index (χ2v) is 6.55. The number of amides is 1. The molecule has 3 aromatic rings. The number of rotatable bonds is 5. The van der Waals surface area contributed by atoms with E-state index in [4.69, 9.17) is 0 Å². The summed E-state index contributed by atoms with van der Waals surface area (Å²) in [4.78, 5) is 31.2. The van der Waals surface area contributed by atoms with Crippen molar-refractivity contribution in [2.75, 3.05) is 19.0 Å². The van der Waals surface area contributed by atoms with E-state index in [2.05, 4.69) is 10.3 Å². The zero-order valence-corrected chi connectivity index (χ0v) is 14.3. The third-order valence-electron chi connectivity index (χ3n) is 3.71. The van der Waals surface area contributed by atoms with Gasteiger partial charge in [-0.2, -0.15) is 0 Å². The van der Waals surface area contributed by atoms with Gasteiger partial charge in [0.25, 0.3) is 5.56 Å². The highest BCUT2D eigenvalue weighted by molar-refractivity contribution is 7.16. The van der Waals surface area contributed by atoms with Crippen molar-refractivity contribution in [3.05, 3.63) is 58.0 Å². The Hall–Kier alpha value is -2.67. The van der Waals surface area contributed by atoms with E-state index < -0.39 is 0 Å². The Bertz CT molecular complexity index is 912. The maximum Gasteiger partial charge on any atom is 0.262 e. The van der Waals surface area contributed by atoms with E-state index >= 15 is 0 Å². The zero-order valence-electron chi connectivity index (χ0n) is 13.5. The predicted molar refractivity (Wildman–Crippen MR) is 96.5 cm³/mol. The average molecular weight is 342 g/mol. The predicted octanol–water partition coefficient (Wildman–Crippen LogP) is 1.84. The van der Waals surface area contributed by atoms with E-state index in [9.17, 15) is 9.59 Å². The van der Waals surface area contributed by atoms with Gasteiger partial charge >= 0.3 is 0 Å². The van der Waals surface area contributed by atoms with Gasteiger partial charge in [0, 0.05) is 26.3 Å². The van der Waals surface area contributed by atoms with Crippen LogP contribution in [0, 0.1) is 0 Å². The van der Waals surface area contributed by atoms with Crippen molar-refractivity contribution in [3.63, 3.8) is 0 Å². The minimum absolute atomic E-state index is 0.0343. The number of aromatic nitrogens is 2. The van der Waals surface area contributed by atoms with E-state index in [1.165, 1.54) is 22.2 Å². The molecule has 0 aliphatic rings. The molecular formula is C17H18N4O2S. The second kappa shape index (κ2) is 6.84. The molecule has 0 bridgehead atoms. The minimum Gasteiger partial charge on any atom is -0.378 e. The van der Waals surface area contributed by atoms with Crippen molar-refractivity contribution in [3.8, 4) is 0 Å². The summed E-state index contributed by atoms with van der Waals surface area (Å²) < 4.78 is 1.33. The molecule has 1 amide bonds. The number of anilines is 1. The Morgan fingerprint density at radius 2 is 2.00 bits per heavy atom. The molecule has 1 N–H and O–H groups in total. The molecule has 6 nitrogen and oxygen atoms in total. The molecule has 0 saturated heterocycles. The van der Waals surface area contributed by atoms with Crippen molar-refractivity contribution in [1.29, 1.82) is 0 Å². The fraction of sp³-hybridized carbons (Fsp3) is 0.235. The van der Waals surface area contributed by atoms with Crippen molar-refractivity contribution < 1.29 is 4.79 Å². The van der Waals surface area contributed by atoms with Crippen LogP contribution in [0.1, 0.15) is 5.56 Å². The van der Waals surface area contributed by atoms with Gasteiger partial charge in [-0.05, 0) is 29.1 Å². The van der Waals surface area contributed by atoms with Crippen LogP contribution in [-0.4, -0.2) is 29.6 Å². The molecule has 0 spiro atoms. The van der Waals surface area contributed by atoms with Crippen LogP contribution >= 0.6 is 11.3 Å². The smallest absolute Gasteiger partial charge is 0.262 e. The molecule has 3 rings (SSSR count). The summed E-state index contributed by atoms with van der Waals surface area (Å²) in [5, 5.41) is 5.20. The fourth-order valence-corrected chi connectivity index (χ4v) is 3.05. The van der Waals surface area contributed by atoms with Crippen molar-refractivity contribution >= 4 is 33.1 Å². The Morgan fingerprint density at radius 1 is 1.25 bits per heavy atom. The summed E-state index contributed by atoms with van der Waals surface area (Å²) in [7, 11) is 3.96. The first-order valence-electron chi connectivity index (χ1n) is 7.50. The third-order valence-corrected chi connectivity index (χ3v) is 4.53. The van der Waals surface area contributed by atoms with Crippen LogP contribution in [0.25, 0.3) is 10.2 Å². The van der Waals surface area contributed by atoms with E-state index in [0.717, 1.165) is 11.3 Å². The quantitative estimate of drug-likeness (QED) is 0.768. The normalized spacial score (nSPS) is 10.8. The molecule has 7 heteroatoms. The van der Waals surface area contributed by atoms with Crippen LogP contribution in [0.4, 0.5) is 5.69 Å². The summed E-state index contributed by atoms with van der Waals surface area (Å²) in [5.41, 5.74) is 1.92. The van der Waals surface area contributed by atoms with Crippen LogP contribution in [0.15, 0.2) is 46.8 Å². The third kappa shape index (κ3) is 3.46. The number of fused-ring (bicyclic) bond motifs is 1. The van der Waals surface area contributed by atoms with Gasteiger partial charge in [0.05, 0.1) is 11.7 Å². The van der Waals surface area contributed by atoms with E-state index in [1.807, 2.05) is 48.6 Å². The molecule has 0 saturated carbocycles. The van der Waals surface area contributed by atoms with Gasteiger partial charge in [-0.1, -0.05) is 12.1 Å². The lowest BCUT2D eigenvalue weighted by atomic mass is 10.2. The van der Waals surface area contributed by atoms with Gasteiger partial charge < -0.3 is 10.2 Å². The minimum atomic E-state index is -0.217. The highest BCUT2D eigenvalue weighted by Gasteiger charge is 2.08. The fourth-order valence-electron chi connectivity index (χ4n) is 2.33. The molecule has 124 valence electrons. The van der Waals surface area contributed by atoms with Gasteiger partial charge in [-0.15, -0.1) is 11.3 Å². The summed E-state index contributed by atoms with van der Waals surface area (Å²) in [6.07, 6.45) is 1.42. The van der Waals surface area contributed by atoms with Gasteiger partial charge in [0.15, 0.2) is 0 Å². The van der Waals surface area contributed by atoms with Gasteiger partial charge in [0.1, 0.15) is 11.4 Å². The molecule has 0 fully saturated rings. The topological polar surface area (TPSA) is 67.2 Å². The maximum atomic E-state index is 12.2. The molecular weight excluding hydrogens is 324 g/mol. The molecule has 0 atom stereocenters. The van der Waals surface area contributed by atoms with Crippen molar-refractivity contribution in [1.82, 2.24) is 14.9 Å². The first kappa shape index (κ1) is 16.2. The van der Waals surface area contributed by atoms with Crippen LogP contribution in [0.5, 0.6) is 0 Å². The van der Waals surface area contributed by atoms with Crippen molar-refractivity contribution in [2.24, 2.45) is 0 Å². The molecule has 0 radical (unpaired) electrons. The van der Waals surface area contributed by atoms with Crippen molar-refractivity contribution in [2.45, 2.75) is 13.1 Å². The maximum absolute atomic E-state index is 12.2. The summed E-state index contributed by atoms with van der Waals surface area (Å²) in [6.45, 7) is 0.392. The molecule has 24 heavy (non-hydrogen) atoms. The van der Waals surface area contributed by atoms with Crippen LogP contribution in [0.2, 0.25) is 0 Å². The lowest BCUT2D eigenvalue weighted by Crippen LogP contribution is -2.32.